The van der Waals surface area contributed by atoms with E-state index in [0.717, 1.165) is 10.2 Å². The summed E-state index contributed by atoms with van der Waals surface area (Å²) >= 11 is 3.36. The first-order chi connectivity index (χ1) is 7.02. The van der Waals surface area contributed by atoms with Crippen molar-refractivity contribution in [3.63, 3.8) is 0 Å². The predicted molar refractivity (Wildman–Crippen MR) is 65.6 cm³/mol. The lowest BCUT2D eigenvalue weighted by molar-refractivity contribution is -0.118. The molecule has 0 fully saturated rings. The summed E-state index contributed by atoms with van der Waals surface area (Å²) in [4.78, 5) is 11.6. The van der Waals surface area contributed by atoms with Crippen LogP contribution in [0.4, 0.5) is 5.69 Å². The lowest BCUT2D eigenvalue weighted by Crippen LogP contribution is -2.39. The molecular formula is C11H15BrN2O. The Balaban J connectivity index is 2.71. The number of carbonyl (C=O) groups is 1. The number of nitrogens with one attached hydrogen (secondary N) is 1. The Morgan fingerprint density at radius 2 is 2.00 bits per heavy atom. The minimum atomic E-state index is -0.475. The van der Waals surface area contributed by atoms with Gasteiger partial charge in [0.25, 0.3) is 0 Å². The van der Waals surface area contributed by atoms with Gasteiger partial charge >= 0.3 is 0 Å². The fraction of sp³-hybridized carbons (Fsp3) is 0.364. The Morgan fingerprint density at radius 3 is 2.53 bits per heavy atom. The molecule has 4 heteroatoms. The van der Waals surface area contributed by atoms with Crippen LogP contribution < -0.4 is 11.1 Å². The van der Waals surface area contributed by atoms with Crippen LogP contribution in [0.5, 0.6) is 0 Å². The van der Waals surface area contributed by atoms with Gasteiger partial charge < -0.3 is 11.1 Å². The van der Waals surface area contributed by atoms with Crippen molar-refractivity contribution in [3.05, 3.63) is 28.7 Å². The summed E-state index contributed by atoms with van der Waals surface area (Å²) in [6, 6.07) is 6.98. The lowest BCUT2D eigenvalue weighted by Gasteiger charge is -2.15. The third kappa shape index (κ3) is 3.32. The van der Waals surface area contributed by atoms with E-state index in [1.54, 1.807) is 0 Å². The second kappa shape index (κ2) is 5.28. The summed E-state index contributed by atoms with van der Waals surface area (Å²) in [5.41, 5.74) is 6.48. The number of para-hydroxylation sites is 1. The molecule has 0 aliphatic rings. The van der Waals surface area contributed by atoms with E-state index in [0.29, 0.717) is 0 Å². The first kappa shape index (κ1) is 12.2. The monoisotopic (exact) mass is 270 g/mol. The summed E-state index contributed by atoms with van der Waals surface area (Å²) in [5.74, 6) is -0.0237. The predicted octanol–water partition coefficient (Wildman–Crippen LogP) is 2.37. The second-order valence-corrected chi connectivity index (χ2v) is 4.59. The van der Waals surface area contributed by atoms with Gasteiger partial charge in [-0.1, -0.05) is 26.0 Å². The van der Waals surface area contributed by atoms with Crippen LogP contribution in [0.3, 0.4) is 0 Å². The Bertz CT molecular complexity index is 352. The van der Waals surface area contributed by atoms with Crippen LogP contribution in [0.1, 0.15) is 13.8 Å². The van der Waals surface area contributed by atoms with E-state index < -0.39 is 6.04 Å². The standard InChI is InChI=1S/C11H15BrN2O/c1-7(2)10(13)11(15)14-9-6-4-3-5-8(9)12/h3-7,10H,13H2,1-2H3,(H,14,15)/t10-/m1/s1. The molecule has 82 valence electrons. The van der Waals surface area contributed by atoms with Gasteiger partial charge in [-0.15, -0.1) is 0 Å². The maximum atomic E-state index is 11.6. The number of nitrogens with two attached hydrogens (primary N) is 1. The maximum Gasteiger partial charge on any atom is 0.241 e. The minimum Gasteiger partial charge on any atom is -0.324 e. The quantitative estimate of drug-likeness (QED) is 0.886. The van der Waals surface area contributed by atoms with Gasteiger partial charge in [-0.3, -0.25) is 4.79 Å². The van der Waals surface area contributed by atoms with E-state index >= 15 is 0 Å². The first-order valence-corrected chi connectivity index (χ1v) is 5.62. The summed E-state index contributed by atoms with van der Waals surface area (Å²) in [6.45, 7) is 3.84. The van der Waals surface area contributed by atoms with Crippen molar-refractivity contribution in [1.82, 2.24) is 0 Å². The molecule has 1 rings (SSSR count). The SMILES string of the molecule is CC(C)[C@@H](N)C(=O)Nc1ccccc1Br. The van der Waals surface area contributed by atoms with Crippen LogP contribution in [0.15, 0.2) is 28.7 Å². The van der Waals surface area contributed by atoms with Crippen molar-refractivity contribution >= 4 is 27.5 Å². The molecular weight excluding hydrogens is 256 g/mol. The molecule has 0 radical (unpaired) electrons. The third-order valence-corrected chi connectivity index (χ3v) is 2.84. The normalized spacial score (nSPS) is 12.6. The second-order valence-electron chi connectivity index (χ2n) is 3.74. The summed E-state index contributed by atoms with van der Waals surface area (Å²) in [5, 5.41) is 2.78. The van der Waals surface area contributed by atoms with Crippen molar-refractivity contribution in [3.8, 4) is 0 Å². The molecule has 0 aromatic heterocycles. The maximum absolute atomic E-state index is 11.6. The molecule has 1 aromatic carbocycles. The van der Waals surface area contributed by atoms with E-state index in [-0.39, 0.29) is 11.8 Å². The van der Waals surface area contributed by atoms with Gasteiger partial charge in [-0.25, -0.2) is 0 Å². The van der Waals surface area contributed by atoms with Gasteiger partial charge in [-0.05, 0) is 34.0 Å². The molecule has 0 saturated heterocycles. The topological polar surface area (TPSA) is 55.1 Å². The van der Waals surface area contributed by atoms with Gasteiger partial charge in [-0.2, -0.15) is 0 Å². The van der Waals surface area contributed by atoms with Gasteiger partial charge in [0.1, 0.15) is 0 Å². The number of anilines is 1. The molecule has 1 amide bonds. The minimum absolute atomic E-state index is 0.132. The summed E-state index contributed by atoms with van der Waals surface area (Å²) in [6.07, 6.45) is 0. The van der Waals surface area contributed by atoms with Gasteiger partial charge in [0.05, 0.1) is 11.7 Å². The molecule has 0 aliphatic carbocycles. The Hall–Kier alpha value is -0.870. The van der Waals surface area contributed by atoms with E-state index in [9.17, 15) is 4.79 Å². The average Bonchev–Trinajstić information content (AvgIpc) is 2.20. The van der Waals surface area contributed by atoms with E-state index in [4.69, 9.17) is 5.73 Å². The molecule has 0 unspecified atom stereocenters. The number of hydrogen-bond acceptors (Lipinski definition) is 2. The molecule has 3 N–H and O–H groups in total. The molecule has 0 spiro atoms. The lowest BCUT2D eigenvalue weighted by atomic mass is 10.1. The van der Waals surface area contributed by atoms with Crippen LogP contribution in [-0.4, -0.2) is 11.9 Å². The van der Waals surface area contributed by atoms with E-state index in [1.807, 2.05) is 38.1 Å². The summed E-state index contributed by atoms with van der Waals surface area (Å²) < 4.78 is 0.856. The molecule has 0 heterocycles. The molecule has 0 bridgehead atoms. The van der Waals surface area contributed by atoms with Gasteiger partial charge in [0, 0.05) is 4.47 Å². The average molecular weight is 271 g/mol. The zero-order valence-corrected chi connectivity index (χ0v) is 10.4. The van der Waals surface area contributed by atoms with E-state index in [2.05, 4.69) is 21.2 Å². The van der Waals surface area contributed by atoms with Crippen LogP contribution >= 0.6 is 15.9 Å². The zero-order chi connectivity index (χ0) is 11.4. The number of benzene rings is 1. The number of rotatable bonds is 3. The van der Waals surface area contributed by atoms with Crippen LogP contribution in [0.25, 0.3) is 0 Å². The zero-order valence-electron chi connectivity index (χ0n) is 8.83. The van der Waals surface area contributed by atoms with Gasteiger partial charge in [0.15, 0.2) is 0 Å². The largest absolute Gasteiger partial charge is 0.324 e. The molecule has 15 heavy (non-hydrogen) atoms. The number of carbonyl (C=O) groups excluding carboxylic acids is 1. The highest BCUT2D eigenvalue weighted by Gasteiger charge is 2.17. The van der Waals surface area contributed by atoms with Crippen molar-refractivity contribution in [2.45, 2.75) is 19.9 Å². The van der Waals surface area contributed by atoms with E-state index in [1.165, 1.54) is 0 Å². The first-order valence-electron chi connectivity index (χ1n) is 4.83. The third-order valence-electron chi connectivity index (χ3n) is 2.15. The van der Waals surface area contributed by atoms with Crippen molar-refractivity contribution in [2.24, 2.45) is 11.7 Å². The molecule has 0 saturated carbocycles. The van der Waals surface area contributed by atoms with Crippen molar-refractivity contribution in [1.29, 1.82) is 0 Å². The highest BCUT2D eigenvalue weighted by Crippen LogP contribution is 2.21. The number of amides is 1. The summed E-state index contributed by atoms with van der Waals surface area (Å²) in [7, 11) is 0. The van der Waals surface area contributed by atoms with Crippen LogP contribution in [0.2, 0.25) is 0 Å². The Kier molecular flexibility index (Phi) is 4.29. The Morgan fingerprint density at radius 1 is 1.40 bits per heavy atom. The molecule has 0 aliphatic heterocycles. The van der Waals surface area contributed by atoms with Crippen molar-refractivity contribution < 1.29 is 4.79 Å². The fourth-order valence-electron chi connectivity index (χ4n) is 1.08. The van der Waals surface area contributed by atoms with Crippen LogP contribution in [-0.2, 0) is 4.79 Å². The smallest absolute Gasteiger partial charge is 0.241 e. The van der Waals surface area contributed by atoms with Crippen LogP contribution in [0, 0.1) is 5.92 Å². The number of halogens is 1. The van der Waals surface area contributed by atoms with Gasteiger partial charge in [0.2, 0.25) is 5.91 Å². The molecule has 1 atom stereocenters. The highest BCUT2D eigenvalue weighted by molar-refractivity contribution is 9.10. The molecule has 1 aromatic rings. The fourth-order valence-corrected chi connectivity index (χ4v) is 1.47. The number of hydrogen-bond donors (Lipinski definition) is 2. The van der Waals surface area contributed by atoms with Crippen molar-refractivity contribution in [2.75, 3.05) is 5.32 Å². The molecule has 3 nitrogen and oxygen atoms in total. The Labute approximate surface area is 98.2 Å². The highest BCUT2D eigenvalue weighted by atomic mass is 79.9.